The van der Waals surface area contributed by atoms with Crippen molar-refractivity contribution in [1.82, 2.24) is 0 Å². The minimum Gasteiger partial charge on any atom is -0.479 e. The third-order valence-electron chi connectivity index (χ3n) is 1.39. The van der Waals surface area contributed by atoms with Gasteiger partial charge in [0.25, 0.3) is 0 Å². The molecule has 0 radical (unpaired) electrons. The van der Waals surface area contributed by atoms with Gasteiger partial charge in [-0.1, -0.05) is 11.8 Å². The van der Waals surface area contributed by atoms with Gasteiger partial charge < -0.3 is 16.6 Å². The summed E-state index contributed by atoms with van der Waals surface area (Å²) in [5.74, 6) is -1.03. The Morgan fingerprint density at radius 3 is 2.38 bits per heavy atom. The number of rotatable bonds is 3. The molecule has 0 aliphatic heterocycles. The first-order valence-corrected chi connectivity index (χ1v) is 4.48. The molecular weight excluding hydrogens is 188 g/mol. The molecule has 0 aromatic heterocycles. The molecule has 5 heteroatoms. The molecule has 13 heavy (non-hydrogen) atoms. The van der Waals surface area contributed by atoms with Crippen molar-refractivity contribution in [1.29, 1.82) is 0 Å². The van der Waals surface area contributed by atoms with Gasteiger partial charge in [0.15, 0.2) is 5.37 Å². The molecule has 1 aromatic rings. The molecule has 5 N–H and O–H groups in total. The zero-order valence-corrected chi connectivity index (χ0v) is 7.62. The summed E-state index contributed by atoms with van der Waals surface area (Å²) in [6, 6.07) is 6.89. The van der Waals surface area contributed by atoms with Crippen LogP contribution in [0.3, 0.4) is 0 Å². The molecule has 0 fully saturated rings. The number of thioether (sulfide) groups is 1. The SMILES string of the molecule is Nc1ccc(SC(N)C(=O)O)cc1. The Bertz CT molecular complexity index is 300. The second-order valence-electron chi connectivity index (χ2n) is 2.45. The van der Waals surface area contributed by atoms with Gasteiger partial charge in [-0.25, -0.2) is 4.79 Å². The molecule has 0 amide bonds. The van der Waals surface area contributed by atoms with Gasteiger partial charge in [-0.15, -0.1) is 0 Å². The number of aliphatic carboxylic acids is 1. The van der Waals surface area contributed by atoms with Crippen molar-refractivity contribution < 1.29 is 9.90 Å². The second-order valence-corrected chi connectivity index (χ2v) is 3.66. The van der Waals surface area contributed by atoms with Crippen LogP contribution in [0.4, 0.5) is 5.69 Å². The van der Waals surface area contributed by atoms with Gasteiger partial charge in [0, 0.05) is 10.6 Å². The number of carbonyl (C=O) groups is 1. The number of nitrogen functional groups attached to an aromatic ring is 1. The smallest absolute Gasteiger partial charge is 0.331 e. The highest BCUT2D eigenvalue weighted by Crippen LogP contribution is 2.21. The van der Waals surface area contributed by atoms with E-state index in [1.807, 2.05) is 0 Å². The van der Waals surface area contributed by atoms with Gasteiger partial charge in [0.05, 0.1) is 0 Å². The molecule has 0 aliphatic carbocycles. The van der Waals surface area contributed by atoms with Crippen LogP contribution in [0.5, 0.6) is 0 Å². The molecule has 0 heterocycles. The van der Waals surface area contributed by atoms with E-state index in [2.05, 4.69) is 0 Å². The van der Waals surface area contributed by atoms with Crippen LogP contribution in [0.15, 0.2) is 29.2 Å². The lowest BCUT2D eigenvalue weighted by atomic mass is 10.3. The van der Waals surface area contributed by atoms with E-state index in [0.29, 0.717) is 5.69 Å². The first kappa shape index (κ1) is 9.88. The largest absolute Gasteiger partial charge is 0.479 e. The van der Waals surface area contributed by atoms with Crippen molar-refractivity contribution >= 4 is 23.4 Å². The van der Waals surface area contributed by atoms with E-state index in [1.165, 1.54) is 0 Å². The Labute approximate surface area is 79.9 Å². The van der Waals surface area contributed by atoms with Crippen LogP contribution >= 0.6 is 11.8 Å². The molecule has 1 aromatic carbocycles. The van der Waals surface area contributed by atoms with E-state index in [4.69, 9.17) is 16.6 Å². The third kappa shape index (κ3) is 2.96. The zero-order chi connectivity index (χ0) is 9.84. The Balaban J connectivity index is 2.64. The van der Waals surface area contributed by atoms with Crippen LogP contribution in [0.2, 0.25) is 0 Å². The van der Waals surface area contributed by atoms with Crippen molar-refractivity contribution in [2.45, 2.75) is 10.3 Å². The third-order valence-corrected chi connectivity index (χ3v) is 2.39. The second kappa shape index (κ2) is 4.15. The van der Waals surface area contributed by atoms with Gasteiger partial charge in [0.1, 0.15) is 0 Å². The summed E-state index contributed by atoms with van der Waals surface area (Å²) in [6.45, 7) is 0. The monoisotopic (exact) mass is 198 g/mol. The minimum absolute atomic E-state index is 0.647. The quantitative estimate of drug-likeness (QED) is 0.378. The lowest BCUT2D eigenvalue weighted by molar-refractivity contribution is -0.136. The Hall–Kier alpha value is -1.20. The molecule has 0 saturated heterocycles. The van der Waals surface area contributed by atoms with Crippen molar-refractivity contribution in [3.8, 4) is 0 Å². The molecule has 0 spiro atoms. The molecular formula is C8H10N2O2S. The lowest BCUT2D eigenvalue weighted by Crippen LogP contribution is -2.25. The summed E-state index contributed by atoms with van der Waals surface area (Å²) < 4.78 is 0. The Kier molecular flexibility index (Phi) is 3.16. The van der Waals surface area contributed by atoms with Gasteiger partial charge in [-0.2, -0.15) is 0 Å². The maximum Gasteiger partial charge on any atom is 0.331 e. The van der Waals surface area contributed by atoms with Gasteiger partial charge in [-0.05, 0) is 24.3 Å². The highest BCUT2D eigenvalue weighted by atomic mass is 32.2. The fraction of sp³-hybridized carbons (Fsp3) is 0.125. The van der Waals surface area contributed by atoms with E-state index in [-0.39, 0.29) is 0 Å². The molecule has 70 valence electrons. The summed E-state index contributed by atoms with van der Waals surface area (Å²) in [5.41, 5.74) is 11.4. The molecule has 0 aliphatic rings. The average Bonchev–Trinajstić information content (AvgIpc) is 2.08. The number of carboxylic acid groups (broad SMARTS) is 1. The van der Waals surface area contributed by atoms with E-state index in [9.17, 15) is 4.79 Å². The number of benzene rings is 1. The van der Waals surface area contributed by atoms with Gasteiger partial charge in [0.2, 0.25) is 0 Å². The van der Waals surface area contributed by atoms with Crippen LogP contribution in [-0.2, 0) is 4.79 Å². The minimum atomic E-state index is -1.03. The fourth-order valence-electron chi connectivity index (χ4n) is 0.743. The Morgan fingerprint density at radius 2 is 1.92 bits per heavy atom. The van der Waals surface area contributed by atoms with E-state index in [0.717, 1.165) is 16.7 Å². The normalized spacial score (nSPS) is 12.4. The van der Waals surface area contributed by atoms with Crippen molar-refractivity contribution in [2.75, 3.05) is 5.73 Å². The fourth-order valence-corrected chi connectivity index (χ4v) is 1.43. The molecule has 0 saturated carbocycles. The van der Waals surface area contributed by atoms with Crippen molar-refractivity contribution in [3.05, 3.63) is 24.3 Å². The van der Waals surface area contributed by atoms with E-state index in [1.54, 1.807) is 24.3 Å². The molecule has 4 nitrogen and oxygen atoms in total. The van der Waals surface area contributed by atoms with Crippen molar-refractivity contribution in [3.63, 3.8) is 0 Å². The maximum absolute atomic E-state index is 10.4. The standard InChI is InChI=1S/C8H10N2O2S/c9-5-1-3-6(4-2-5)13-7(10)8(11)12/h1-4,7H,9-10H2,(H,11,12). The first-order valence-electron chi connectivity index (χ1n) is 3.60. The number of anilines is 1. The Morgan fingerprint density at radius 1 is 1.38 bits per heavy atom. The van der Waals surface area contributed by atoms with Crippen molar-refractivity contribution in [2.24, 2.45) is 5.73 Å². The molecule has 1 rings (SSSR count). The van der Waals surface area contributed by atoms with Gasteiger partial charge >= 0.3 is 5.97 Å². The average molecular weight is 198 g/mol. The van der Waals surface area contributed by atoms with E-state index < -0.39 is 11.3 Å². The number of hydrogen-bond acceptors (Lipinski definition) is 4. The number of nitrogens with two attached hydrogens (primary N) is 2. The highest BCUT2D eigenvalue weighted by Gasteiger charge is 2.12. The topological polar surface area (TPSA) is 89.3 Å². The summed E-state index contributed by atoms with van der Waals surface area (Å²) in [4.78, 5) is 11.2. The van der Waals surface area contributed by atoms with Crippen LogP contribution < -0.4 is 11.5 Å². The number of hydrogen-bond donors (Lipinski definition) is 3. The van der Waals surface area contributed by atoms with E-state index >= 15 is 0 Å². The zero-order valence-electron chi connectivity index (χ0n) is 6.81. The maximum atomic E-state index is 10.4. The lowest BCUT2D eigenvalue weighted by Gasteiger charge is -2.05. The van der Waals surface area contributed by atoms with Gasteiger partial charge in [-0.3, -0.25) is 0 Å². The summed E-state index contributed by atoms with van der Waals surface area (Å²) >= 11 is 1.08. The highest BCUT2D eigenvalue weighted by molar-refractivity contribution is 8.00. The first-order chi connectivity index (χ1) is 6.09. The molecule has 1 atom stereocenters. The molecule has 0 bridgehead atoms. The predicted molar refractivity (Wildman–Crippen MR) is 52.3 cm³/mol. The number of carboxylic acids is 1. The summed E-state index contributed by atoms with van der Waals surface area (Å²) in [7, 11) is 0. The predicted octanol–water partition coefficient (Wildman–Crippen LogP) is 0.730. The summed E-state index contributed by atoms with van der Waals surface area (Å²) in [5, 5.41) is 7.60. The van der Waals surface area contributed by atoms with Crippen LogP contribution in [0.1, 0.15) is 0 Å². The van der Waals surface area contributed by atoms with Crippen LogP contribution in [0, 0.1) is 0 Å². The molecule has 1 unspecified atom stereocenters. The van der Waals surface area contributed by atoms with Crippen LogP contribution in [0.25, 0.3) is 0 Å². The summed E-state index contributed by atoms with van der Waals surface area (Å²) in [6.07, 6.45) is 0. The van der Waals surface area contributed by atoms with Crippen LogP contribution in [-0.4, -0.2) is 16.4 Å².